The average Bonchev–Trinajstić information content (AvgIpc) is 2.95. The van der Waals surface area contributed by atoms with Gasteiger partial charge in [0.15, 0.2) is 5.13 Å². The number of nitrogens with zero attached hydrogens (tertiary/aromatic N) is 1. The molecule has 2 aromatic carbocycles. The zero-order chi connectivity index (χ0) is 19.6. The highest BCUT2D eigenvalue weighted by Crippen LogP contribution is 2.29. The Bertz CT molecular complexity index is 1070. The summed E-state index contributed by atoms with van der Waals surface area (Å²) in [5, 5.41) is 5.74. The molecular weight excluding hydrogens is 384 g/mol. The van der Waals surface area contributed by atoms with E-state index >= 15 is 0 Å². The van der Waals surface area contributed by atoms with Crippen LogP contribution in [0, 0.1) is 6.92 Å². The van der Waals surface area contributed by atoms with Gasteiger partial charge in [0.05, 0.1) is 15.1 Å². The molecule has 0 saturated carbocycles. The summed E-state index contributed by atoms with van der Waals surface area (Å²) in [5.74, 6) is 0. The number of urea groups is 1. The third-order valence-electron chi connectivity index (χ3n) is 3.62. The van der Waals surface area contributed by atoms with Gasteiger partial charge in [0.25, 0.3) is 10.0 Å². The largest absolute Gasteiger partial charge is 0.336 e. The van der Waals surface area contributed by atoms with E-state index in [9.17, 15) is 13.2 Å². The van der Waals surface area contributed by atoms with Crippen LogP contribution >= 0.6 is 11.3 Å². The summed E-state index contributed by atoms with van der Waals surface area (Å²) in [6.07, 6.45) is 0. The first kappa shape index (κ1) is 19.1. The van der Waals surface area contributed by atoms with Crippen molar-refractivity contribution in [2.45, 2.75) is 31.7 Å². The summed E-state index contributed by atoms with van der Waals surface area (Å²) in [7, 11) is -3.70. The van der Waals surface area contributed by atoms with E-state index in [1.165, 1.54) is 11.3 Å². The highest BCUT2D eigenvalue weighted by Gasteiger charge is 2.16. The smallest absolute Gasteiger partial charge is 0.319 e. The predicted octanol–water partition coefficient (Wildman–Crippen LogP) is 3.94. The van der Waals surface area contributed by atoms with Crippen molar-refractivity contribution in [2.75, 3.05) is 10.0 Å². The number of amides is 2. The maximum Gasteiger partial charge on any atom is 0.319 e. The Morgan fingerprint density at radius 3 is 2.48 bits per heavy atom. The summed E-state index contributed by atoms with van der Waals surface area (Å²) in [4.78, 5) is 16.3. The van der Waals surface area contributed by atoms with Crippen LogP contribution in [0.2, 0.25) is 0 Å². The Balaban J connectivity index is 1.80. The first-order chi connectivity index (χ1) is 12.7. The van der Waals surface area contributed by atoms with Crippen molar-refractivity contribution in [1.29, 1.82) is 0 Å². The van der Waals surface area contributed by atoms with Crippen LogP contribution in [0.15, 0.2) is 47.4 Å². The van der Waals surface area contributed by atoms with Gasteiger partial charge in [0.1, 0.15) is 0 Å². The summed E-state index contributed by atoms with van der Waals surface area (Å²) in [6.45, 7) is 5.63. The molecule has 9 heteroatoms. The van der Waals surface area contributed by atoms with Crippen LogP contribution < -0.4 is 15.4 Å². The summed E-state index contributed by atoms with van der Waals surface area (Å²) in [6, 6.07) is 11.6. The van der Waals surface area contributed by atoms with E-state index < -0.39 is 10.0 Å². The van der Waals surface area contributed by atoms with E-state index in [4.69, 9.17) is 0 Å². The lowest BCUT2D eigenvalue weighted by molar-refractivity contribution is 0.250. The third-order valence-corrected chi connectivity index (χ3v) is 6.05. The first-order valence-corrected chi connectivity index (χ1v) is 10.6. The number of aryl methyl sites for hydroxylation is 1. The monoisotopic (exact) mass is 404 g/mol. The Morgan fingerprint density at radius 1 is 1.11 bits per heavy atom. The molecule has 1 aromatic heterocycles. The zero-order valence-electron chi connectivity index (χ0n) is 15.1. The lowest BCUT2D eigenvalue weighted by Crippen LogP contribution is -2.34. The number of carbonyl (C=O) groups excluding carboxylic acids is 1. The molecule has 0 unspecified atom stereocenters. The second-order valence-corrected chi connectivity index (χ2v) is 9.09. The number of aromatic nitrogens is 1. The molecule has 27 heavy (non-hydrogen) atoms. The quantitative estimate of drug-likeness (QED) is 0.600. The van der Waals surface area contributed by atoms with Crippen LogP contribution in [0.1, 0.15) is 19.4 Å². The lowest BCUT2D eigenvalue weighted by Gasteiger charge is -2.09. The zero-order valence-corrected chi connectivity index (χ0v) is 16.7. The van der Waals surface area contributed by atoms with Gasteiger partial charge in [-0.1, -0.05) is 29.0 Å². The average molecular weight is 405 g/mol. The molecule has 0 fully saturated rings. The van der Waals surface area contributed by atoms with E-state index in [0.29, 0.717) is 11.2 Å². The van der Waals surface area contributed by atoms with Crippen molar-refractivity contribution in [2.24, 2.45) is 0 Å². The molecule has 142 valence electrons. The highest BCUT2D eigenvalue weighted by molar-refractivity contribution is 7.93. The van der Waals surface area contributed by atoms with Crippen LogP contribution in [-0.2, 0) is 10.0 Å². The second kappa shape index (κ2) is 7.53. The van der Waals surface area contributed by atoms with Gasteiger partial charge in [-0.3, -0.25) is 4.72 Å². The van der Waals surface area contributed by atoms with Gasteiger partial charge in [0.2, 0.25) is 0 Å². The van der Waals surface area contributed by atoms with Gasteiger partial charge in [-0.25, -0.2) is 18.2 Å². The number of rotatable bonds is 5. The molecule has 0 spiro atoms. The normalized spacial score (nSPS) is 11.6. The minimum absolute atomic E-state index is 0.0239. The number of carbonyl (C=O) groups is 1. The highest BCUT2D eigenvalue weighted by atomic mass is 32.2. The maximum absolute atomic E-state index is 12.5. The lowest BCUT2D eigenvalue weighted by atomic mass is 10.2. The molecule has 7 nitrogen and oxygen atoms in total. The van der Waals surface area contributed by atoms with Crippen LogP contribution in [-0.4, -0.2) is 25.5 Å². The molecule has 1 heterocycles. The van der Waals surface area contributed by atoms with E-state index in [1.807, 2.05) is 20.8 Å². The molecule has 0 bridgehead atoms. The Labute approximate surface area is 161 Å². The number of hydrogen-bond donors (Lipinski definition) is 3. The molecule has 3 N–H and O–H groups in total. The summed E-state index contributed by atoms with van der Waals surface area (Å²) < 4.78 is 28.3. The maximum atomic E-state index is 12.5. The Morgan fingerprint density at radius 2 is 1.81 bits per heavy atom. The molecule has 0 atom stereocenters. The van der Waals surface area contributed by atoms with Crippen molar-refractivity contribution in [3.8, 4) is 0 Å². The minimum Gasteiger partial charge on any atom is -0.336 e. The van der Waals surface area contributed by atoms with Gasteiger partial charge in [-0.05, 0) is 51.1 Å². The van der Waals surface area contributed by atoms with Crippen molar-refractivity contribution in [3.05, 3.63) is 48.0 Å². The van der Waals surface area contributed by atoms with E-state index in [-0.39, 0.29) is 22.1 Å². The van der Waals surface area contributed by atoms with Crippen molar-refractivity contribution in [3.63, 3.8) is 0 Å². The van der Waals surface area contributed by atoms with Crippen LogP contribution in [0.25, 0.3) is 10.2 Å². The Hall–Kier alpha value is -2.65. The molecule has 0 aliphatic heterocycles. The van der Waals surface area contributed by atoms with Crippen LogP contribution in [0.3, 0.4) is 0 Å². The van der Waals surface area contributed by atoms with Crippen molar-refractivity contribution >= 4 is 48.4 Å². The van der Waals surface area contributed by atoms with Crippen molar-refractivity contribution in [1.82, 2.24) is 10.3 Å². The fourth-order valence-electron chi connectivity index (χ4n) is 2.37. The molecule has 2 amide bonds. The second-order valence-electron chi connectivity index (χ2n) is 6.37. The van der Waals surface area contributed by atoms with Crippen LogP contribution in [0.4, 0.5) is 15.6 Å². The fraction of sp³-hybridized carbons (Fsp3) is 0.222. The predicted molar refractivity (Wildman–Crippen MR) is 109 cm³/mol. The SMILES string of the molecule is Cc1ccc(S(=O)(=O)Nc2nc3cc(NC(=O)NC(C)C)ccc3s2)cc1. The van der Waals surface area contributed by atoms with Gasteiger partial charge in [-0.2, -0.15) is 0 Å². The molecule has 0 radical (unpaired) electrons. The van der Waals surface area contributed by atoms with Gasteiger partial charge < -0.3 is 10.6 Å². The van der Waals surface area contributed by atoms with E-state index in [1.54, 1.807) is 42.5 Å². The summed E-state index contributed by atoms with van der Waals surface area (Å²) in [5.41, 5.74) is 2.17. The topological polar surface area (TPSA) is 100 Å². The molecular formula is C18H20N4O3S2. The molecule has 0 saturated heterocycles. The third kappa shape index (κ3) is 4.75. The number of hydrogen-bond acceptors (Lipinski definition) is 5. The standard InChI is InChI=1S/C18H20N4O3S2/c1-11(2)19-17(23)20-13-6-9-16-15(10-13)21-18(26-16)22-27(24,25)14-7-4-12(3)5-8-14/h4-11H,1-3H3,(H,21,22)(H2,19,20,23). The van der Waals surface area contributed by atoms with Crippen molar-refractivity contribution < 1.29 is 13.2 Å². The van der Waals surface area contributed by atoms with Gasteiger partial charge in [0, 0.05) is 11.7 Å². The molecule has 0 aliphatic rings. The number of fused-ring (bicyclic) bond motifs is 1. The first-order valence-electron chi connectivity index (χ1n) is 8.30. The van der Waals surface area contributed by atoms with Gasteiger partial charge >= 0.3 is 6.03 Å². The van der Waals surface area contributed by atoms with E-state index in [2.05, 4.69) is 20.3 Å². The fourth-order valence-corrected chi connectivity index (χ4v) is 4.45. The Kier molecular flexibility index (Phi) is 5.33. The number of anilines is 2. The number of benzene rings is 2. The molecule has 3 rings (SSSR count). The van der Waals surface area contributed by atoms with Gasteiger partial charge in [-0.15, -0.1) is 0 Å². The van der Waals surface area contributed by atoms with Crippen LogP contribution in [0.5, 0.6) is 0 Å². The number of sulfonamides is 1. The molecule has 0 aliphatic carbocycles. The minimum atomic E-state index is -3.70. The number of nitrogens with one attached hydrogen (secondary N) is 3. The van der Waals surface area contributed by atoms with E-state index in [0.717, 1.165) is 10.3 Å². The summed E-state index contributed by atoms with van der Waals surface area (Å²) >= 11 is 1.23. The molecule has 3 aromatic rings. The number of thiazole rings is 1.